The standard InChI is InChI=1S/C22H23ClFNO4/c1-3-29-13-22(2)12-17(25(20(22)26)21(27)28)10-14-4-6-15(7-5-14)18-11-16(23)8-9-19(18)24/h4-9,11,17H,3,10,12-13H2,1-2H3,(H,27,28). The van der Waals surface area contributed by atoms with E-state index in [-0.39, 0.29) is 12.4 Å². The Morgan fingerprint density at radius 2 is 2.00 bits per heavy atom. The molecular weight excluding hydrogens is 397 g/mol. The first-order chi connectivity index (χ1) is 13.7. The van der Waals surface area contributed by atoms with Crippen LogP contribution < -0.4 is 0 Å². The Labute approximate surface area is 174 Å². The minimum Gasteiger partial charge on any atom is -0.465 e. The van der Waals surface area contributed by atoms with Gasteiger partial charge in [-0.05, 0) is 56.0 Å². The number of hydrogen-bond donors (Lipinski definition) is 1. The molecule has 154 valence electrons. The quantitative estimate of drug-likeness (QED) is 0.714. The average Bonchev–Trinajstić information content (AvgIpc) is 2.93. The number of halogens is 2. The predicted molar refractivity (Wildman–Crippen MR) is 108 cm³/mol. The third-order valence-electron chi connectivity index (χ3n) is 5.28. The van der Waals surface area contributed by atoms with Gasteiger partial charge in [-0.3, -0.25) is 4.79 Å². The van der Waals surface area contributed by atoms with Crippen molar-refractivity contribution in [2.24, 2.45) is 5.41 Å². The summed E-state index contributed by atoms with van der Waals surface area (Å²) in [4.78, 5) is 25.3. The number of amides is 2. The van der Waals surface area contributed by atoms with Crippen molar-refractivity contribution in [3.05, 3.63) is 58.9 Å². The molecule has 1 heterocycles. The smallest absolute Gasteiger partial charge is 0.414 e. The monoisotopic (exact) mass is 419 g/mol. The molecule has 1 fully saturated rings. The zero-order valence-corrected chi connectivity index (χ0v) is 17.1. The number of carbonyl (C=O) groups is 2. The van der Waals surface area contributed by atoms with Gasteiger partial charge in [0, 0.05) is 23.2 Å². The number of nitrogens with zero attached hydrogens (tertiary/aromatic N) is 1. The van der Waals surface area contributed by atoms with Crippen molar-refractivity contribution in [3.63, 3.8) is 0 Å². The summed E-state index contributed by atoms with van der Waals surface area (Å²) in [5, 5.41) is 9.99. The molecule has 3 rings (SSSR count). The van der Waals surface area contributed by atoms with Crippen LogP contribution in [0.5, 0.6) is 0 Å². The summed E-state index contributed by atoms with van der Waals surface area (Å²) in [6, 6.07) is 11.1. The van der Waals surface area contributed by atoms with Gasteiger partial charge in [0.05, 0.1) is 12.0 Å². The molecule has 2 unspecified atom stereocenters. The molecule has 1 aliphatic heterocycles. The van der Waals surface area contributed by atoms with Gasteiger partial charge in [-0.15, -0.1) is 0 Å². The third kappa shape index (κ3) is 4.43. The van der Waals surface area contributed by atoms with Gasteiger partial charge in [-0.1, -0.05) is 35.9 Å². The second-order valence-corrected chi connectivity index (χ2v) is 7.98. The fraction of sp³-hybridized carbons (Fsp3) is 0.364. The Morgan fingerprint density at radius 1 is 1.31 bits per heavy atom. The van der Waals surface area contributed by atoms with Crippen LogP contribution in [0.3, 0.4) is 0 Å². The second-order valence-electron chi connectivity index (χ2n) is 7.54. The Bertz CT molecular complexity index is 918. The van der Waals surface area contributed by atoms with Gasteiger partial charge in [-0.25, -0.2) is 14.1 Å². The lowest BCUT2D eigenvalue weighted by Gasteiger charge is -2.21. The van der Waals surface area contributed by atoms with E-state index in [0.29, 0.717) is 35.6 Å². The lowest BCUT2D eigenvalue weighted by molar-refractivity contribution is -0.136. The maximum atomic E-state index is 14.1. The first kappa shape index (κ1) is 21.3. The molecule has 0 spiro atoms. The fourth-order valence-corrected chi connectivity index (χ4v) is 3.99. The molecule has 0 saturated carbocycles. The molecule has 2 aromatic rings. The van der Waals surface area contributed by atoms with Crippen molar-refractivity contribution in [3.8, 4) is 11.1 Å². The summed E-state index contributed by atoms with van der Waals surface area (Å²) in [6.07, 6.45) is -0.473. The van der Waals surface area contributed by atoms with Crippen LogP contribution in [-0.4, -0.2) is 41.3 Å². The molecule has 1 aliphatic rings. The first-order valence-corrected chi connectivity index (χ1v) is 9.81. The number of hydrogen-bond acceptors (Lipinski definition) is 3. The fourth-order valence-electron chi connectivity index (χ4n) is 3.82. The van der Waals surface area contributed by atoms with Crippen molar-refractivity contribution >= 4 is 23.6 Å². The average molecular weight is 420 g/mol. The lowest BCUT2D eigenvalue weighted by Crippen LogP contribution is -2.41. The maximum Gasteiger partial charge on any atom is 0.414 e. The number of imide groups is 1. The number of benzene rings is 2. The number of rotatable bonds is 6. The van der Waals surface area contributed by atoms with Crippen LogP contribution in [0, 0.1) is 11.2 Å². The highest BCUT2D eigenvalue weighted by Crippen LogP contribution is 2.38. The molecule has 2 amide bonds. The van der Waals surface area contributed by atoms with Gasteiger partial charge in [-0.2, -0.15) is 0 Å². The largest absolute Gasteiger partial charge is 0.465 e. The van der Waals surface area contributed by atoms with Crippen LogP contribution in [0.1, 0.15) is 25.8 Å². The molecule has 1 N–H and O–H groups in total. The molecule has 7 heteroatoms. The van der Waals surface area contributed by atoms with Crippen molar-refractivity contribution < 1.29 is 23.8 Å². The van der Waals surface area contributed by atoms with Gasteiger partial charge >= 0.3 is 6.09 Å². The second kappa shape index (κ2) is 8.51. The van der Waals surface area contributed by atoms with Crippen LogP contribution in [0.15, 0.2) is 42.5 Å². The topological polar surface area (TPSA) is 66.8 Å². The molecular formula is C22H23ClFNO4. The van der Waals surface area contributed by atoms with Crippen LogP contribution in [0.2, 0.25) is 5.02 Å². The van der Waals surface area contributed by atoms with Gasteiger partial charge in [0.15, 0.2) is 0 Å². The molecule has 2 aromatic carbocycles. The van der Waals surface area contributed by atoms with E-state index in [4.69, 9.17) is 16.3 Å². The van der Waals surface area contributed by atoms with Gasteiger partial charge in [0.1, 0.15) is 5.82 Å². The van der Waals surface area contributed by atoms with Crippen LogP contribution in [0.25, 0.3) is 11.1 Å². The number of likely N-dealkylation sites (tertiary alicyclic amines) is 1. The zero-order chi connectivity index (χ0) is 21.2. The summed E-state index contributed by atoms with van der Waals surface area (Å²) in [6.45, 7) is 4.23. The summed E-state index contributed by atoms with van der Waals surface area (Å²) in [7, 11) is 0. The highest BCUT2D eigenvalue weighted by atomic mass is 35.5. The van der Waals surface area contributed by atoms with E-state index in [9.17, 15) is 19.1 Å². The molecule has 0 aliphatic carbocycles. The molecule has 5 nitrogen and oxygen atoms in total. The first-order valence-electron chi connectivity index (χ1n) is 9.44. The normalized spacial score (nSPS) is 21.6. The minimum atomic E-state index is -1.25. The summed E-state index contributed by atoms with van der Waals surface area (Å²) in [5.41, 5.74) is 1.08. The van der Waals surface area contributed by atoms with Crippen molar-refractivity contribution in [2.75, 3.05) is 13.2 Å². The Hall–Kier alpha value is -2.44. The minimum absolute atomic E-state index is 0.190. The van der Waals surface area contributed by atoms with E-state index in [1.165, 1.54) is 12.1 Å². The number of ether oxygens (including phenoxy) is 1. The molecule has 0 aromatic heterocycles. The van der Waals surface area contributed by atoms with E-state index >= 15 is 0 Å². The molecule has 0 radical (unpaired) electrons. The van der Waals surface area contributed by atoms with E-state index in [1.807, 2.05) is 19.1 Å². The van der Waals surface area contributed by atoms with Gasteiger partial charge in [0.25, 0.3) is 0 Å². The Kier molecular flexibility index (Phi) is 6.24. The maximum absolute atomic E-state index is 14.1. The molecule has 29 heavy (non-hydrogen) atoms. The van der Waals surface area contributed by atoms with E-state index in [2.05, 4.69) is 0 Å². The highest BCUT2D eigenvalue weighted by molar-refractivity contribution is 6.30. The third-order valence-corrected chi connectivity index (χ3v) is 5.52. The van der Waals surface area contributed by atoms with Crippen LogP contribution in [-0.2, 0) is 16.0 Å². The van der Waals surface area contributed by atoms with Crippen LogP contribution >= 0.6 is 11.6 Å². The van der Waals surface area contributed by atoms with Crippen LogP contribution in [0.4, 0.5) is 9.18 Å². The van der Waals surface area contributed by atoms with E-state index < -0.39 is 23.5 Å². The van der Waals surface area contributed by atoms with E-state index in [0.717, 1.165) is 10.5 Å². The highest BCUT2D eigenvalue weighted by Gasteiger charge is 2.51. The lowest BCUT2D eigenvalue weighted by atomic mass is 9.86. The number of carboxylic acid groups (broad SMARTS) is 1. The summed E-state index contributed by atoms with van der Waals surface area (Å²) in [5.74, 6) is -0.798. The Balaban J connectivity index is 1.80. The van der Waals surface area contributed by atoms with E-state index in [1.54, 1.807) is 25.1 Å². The molecule has 0 bridgehead atoms. The SMILES string of the molecule is CCOCC1(C)CC(Cc2ccc(-c3cc(Cl)ccc3F)cc2)N(C(=O)O)C1=O. The van der Waals surface area contributed by atoms with Gasteiger partial charge in [0.2, 0.25) is 5.91 Å². The van der Waals surface area contributed by atoms with Gasteiger partial charge < -0.3 is 9.84 Å². The van der Waals surface area contributed by atoms with Crippen molar-refractivity contribution in [1.29, 1.82) is 0 Å². The summed E-state index contributed by atoms with van der Waals surface area (Å²) < 4.78 is 19.5. The zero-order valence-electron chi connectivity index (χ0n) is 16.3. The Morgan fingerprint density at radius 3 is 2.62 bits per heavy atom. The molecule has 2 atom stereocenters. The number of carbonyl (C=O) groups excluding carboxylic acids is 1. The van der Waals surface area contributed by atoms with Crippen molar-refractivity contribution in [1.82, 2.24) is 4.90 Å². The molecule has 1 saturated heterocycles. The van der Waals surface area contributed by atoms with Crippen molar-refractivity contribution in [2.45, 2.75) is 32.7 Å². The summed E-state index contributed by atoms with van der Waals surface area (Å²) >= 11 is 5.96. The predicted octanol–water partition coefficient (Wildman–Crippen LogP) is 5.01.